The predicted molar refractivity (Wildman–Crippen MR) is 124 cm³/mol. The summed E-state index contributed by atoms with van der Waals surface area (Å²) in [6.45, 7) is 2.89. The molecule has 0 aromatic heterocycles. The molecule has 2 aromatic rings. The molecule has 0 spiro atoms. The van der Waals surface area contributed by atoms with Crippen LogP contribution >= 0.6 is 11.6 Å². The fourth-order valence-electron chi connectivity index (χ4n) is 3.72. The lowest BCUT2D eigenvalue weighted by Crippen LogP contribution is -2.46. The average Bonchev–Trinajstić information content (AvgIpc) is 2.79. The van der Waals surface area contributed by atoms with E-state index in [-0.39, 0.29) is 24.0 Å². The summed E-state index contributed by atoms with van der Waals surface area (Å²) in [6, 6.07) is 13.6. The number of aryl methyl sites for hydroxylation is 1. The van der Waals surface area contributed by atoms with Gasteiger partial charge in [0.05, 0.1) is 4.90 Å². The third-order valence-corrected chi connectivity index (χ3v) is 7.75. The van der Waals surface area contributed by atoms with E-state index in [1.54, 1.807) is 12.1 Å². The second-order valence-corrected chi connectivity index (χ2v) is 10.3. The summed E-state index contributed by atoms with van der Waals surface area (Å²) in [5.41, 5.74) is 2.02. The van der Waals surface area contributed by atoms with Crippen molar-refractivity contribution < 1.29 is 18.0 Å². The van der Waals surface area contributed by atoms with Crippen molar-refractivity contribution >= 4 is 33.4 Å². The zero-order valence-corrected chi connectivity index (χ0v) is 19.6. The largest absolute Gasteiger partial charge is 0.348 e. The molecule has 7 nitrogen and oxygen atoms in total. The first-order valence-electron chi connectivity index (χ1n) is 10.7. The Morgan fingerprint density at radius 2 is 1.66 bits per heavy atom. The van der Waals surface area contributed by atoms with E-state index in [9.17, 15) is 18.0 Å². The number of sulfonamides is 1. The number of amides is 2. The molecule has 0 bridgehead atoms. The van der Waals surface area contributed by atoms with Crippen molar-refractivity contribution in [3.63, 3.8) is 0 Å². The smallest absolute Gasteiger partial charge is 0.309 e. The predicted octanol–water partition coefficient (Wildman–Crippen LogP) is 3.01. The van der Waals surface area contributed by atoms with E-state index in [2.05, 4.69) is 10.6 Å². The highest BCUT2D eigenvalue weighted by molar-refractivity contribution is 7.89. The van der Waals surface area contributed by atoms with Crippen LogP contribution in [0.1, 0.15) is 36.8 Å². The topological polar surface area (TPSA) is 95.6 Å². The van der Waals surface area contributed by atoms with Crippen LogP contribution in [0.2, 0.25) is 5.02 Å². The van der Waals surface area contributed by atoms with Gasteiger partial charge in [0.15, 0.2) is 0 Å². The molecule has 9 heteroatoms. The van der Waals surface area contributed by atoms with E-state index in [0.717, 1.165) is 24.0 Å². The second-order valence-electron chi connectivity index (χ2n) is 7.93. The molecule has 2 amide bonds. The molecule has 0 saturated carbocycles. The number of piperidine rings is 1. The Kier molecular flexibility index (Phi) is 8.28. The van der Waals surface area contributed by atoms with Crippen LogP contribution in [-0.4, -0.2) is 43.7 Å². The summed E-state index contributed by atoms with van der Waals surface area (Å²) in [6.07, 6.45) is 2.85. The molecular weight excluding hydrogens is 450 g/mol. The molecule has 1 heterocycles. The van der Waals surface area contributed by atoms with Gasteiger partial charge in [0.2, 0.25) is 10.0 Å². The van der Waals surface area contributed by atoms with E-state index in [0.29, 0.717) is 24.4 Å². The zero-order chi connectivity index (χ0) is 23.1. The molecule has 1 fully saturated rings. The van der Waals surface area contributed by atoms with Gasteiger partial charge in [-0.15, -0.1) is 0 Å². The lowest BCUT2D eigenvalue weighted by molar-refractivity contribution is -0.139. The third kappa shape index (κ3) is 6.31. The van der Waals surface area contributed by atoms with Gasteiger partial charge in [0.25, 0.3) is 0 Å². The van der Waals surface area contributed by atoms with Gasteiger partial charge < -0.3 is 10.6 Å². The summed E-state index contributed by atoms with van der Waals surface area (Å²) in [7, 11) is -3.65. The van der Waals surface area contributed by atoms with Crippen molar-refractivity contribution in [3.8, 4) is 0 Å². The highest BCUT2D eigenvalue weighted by Gasteiger charge is 2.33. The van der Waals surface area contributed by atoms with Crippen LogP contribution in [0.4, 0.5) is 0 Å². The maximum absolute atomic E-state index is 13.1. The Morgan fingerprint density at radius 3 is 2.34 bits per heavy atom. The molecule has 1 saturated heterocycles. The summed E-state index contributed by atoms with van der Waals surface area (Å²) in [5.74, 6) is -1.43. The molecule has 32 heavy (non-hydrogen) atoms. The Balaban J connectivity index is 1.51. The van der Waals surface area contributed by atoms with Gasteiger partial charge in [-0.25, -0.2) is 8.42 Å². The van der Waals surface area contributed by atoms with Gasteiger partial charge in [0.1, 0.15) is 0 Å². The van der Waals surface area contributed by atoms with Crippen molar-refractivity contribution in [3.05, 3.63) is 64.7 Å². The fourth-order valence-corrected chi connectivity index (χ4v) is 5.57. The molecular formula is C23H28ClN3O4S. The number of rotatable bonds is 7. The van der Waals surface area contributed by atoms with Crippen molar-refractivity contribution in [1.29, 1.82) is 0 Å². The molecule has 0 aliphatic carbocycles. The van der Waals surface area contributed by atoms with Crippen LogP contribution in [0.25, 0.3) is 0 Å². The minimum absolute atomic E-state index is 0.202. The number of halogens is 1. The molecule has 1 aliphatic heterocycles. The molecule has 2 N–H and O–H groups in total. The summed E-state index contributed by atoms with van der Waals surface area (Å²) in [4.78, 5) is 24.4. The first-order valence-corrected chi connectivity index (χ1v) is 12.5. The van der Waals surface area contributed by atoms with E-state index < -0.39 is 21.8 Å². The number of nitrogens with zero attached hydrogens (tertiary/aromatic N) is 1. The molecule has 0 radical (unpaired) electrons. The van der Waals surface area contributed by atoms with Crippen molar-refractivity contribution in [2.75, 3.05) is 13.1 Å². The maximum Gasteiger partial charge on any atom is 0.309 e. The second kappa shape index (κ2) is 10.9. The number of benzene rings is 2. The third-order valence-electron chi connectivity index (χ3n) is 5.54. The molecule has 3 rings (SSSR count). The van der Waals surface area contributed by atoms with E-state index in [1.165, 1.54) is 16.4 Å². The van der Waals surface area contributed by atoms with Crippen LogP contribution in [0, 0.1) is 6.92 Å². The molecule has 1 aliphatic rings. The van der Waals surface area contributed by atoms with Gasteiger partial charge >= 0.3 is 11.8 Å². The molecule has 1 atom stereocenters. The van der Waals surface area contributed by atoms with E-state index in [1.807, 2.05) is 31.2 Å². The Bertz CT molecular complexity index is 1040. The van der Waals surface area contributed by atoms with Crippen molar-refractivity contribution in [2.45, 2.75) is 50.1 Å². The molecule has 2 aromatic carbocycles. The van der Waals surface area contributed by atoms with Gasteiger partial charge in [-0.3, -0.25) is 9.59 Å². The monoisotopic (exact) mass is 477 g/mol. The van der Waals surface area contributed by atoms with Crippen molar-refractivity contribution in [2.24, 2.45) is 0 Å². The van der Waals surface area contributed by atoms with Crippen LogP contribution in [-0.2, 0) is 26.2 Å². The quantitative estimate of drug-likeness (QED) is 0.599. The standard InChI is InChI=1S/C23H28ClN3O4S/c1-17-5-7-18(8-6-17)16-26-23(29)22(28)25-14-13-20-4-2-3-15-27(20)32(30,31)21-11-9-19(24)10-12-21/h5-12,20H,2-4,13-16H2,1H3,(H,25,28)(H,26,29). The molecule has 172 valence electrons. The number of carbonyl (C=O) groups is 2. The lowest BCUT2D eigenvalue weighted by Gasteiger charge is -2.34. The van der Waals surface area contributed by atoms with Crippen LogP contribution < -0.4 is 10.6 Å². The van der Waals surface area contributed by atoms with Gasteiger partial charge in [-0.2, -0.15) is 4.31 Å². The normalized spacial score (nSPS) is 17.0. The Hall–Kier alpha value is -2.42. The lowest BCUT2D eigenvalue weighted by atomic mass is 10.0. The van der Waals surface area contributed by atoms with Gasteiger partial charge in [-0.1, -0.05) is 47.9 Å². The minimum Gasteiger partial charge on any atom is -0.348 e. The number of hydrogen-bond donors (Lipinski definition) is 2. The Morgan fingerprint density at radius 1 is 1.00 bits per heavy atom. The SMILES string of the molecule is Cc1ccc(CNC(=O)C(=O)NCCC2CCCCN2S(=O)(=O)c2ccc(Cl)cc2)cc1. The van der Waals surface area contributed by atoms with Crippen molar-refractivity contribution in [1.82, 2.24) is 14.9 Å². The fraction of sp³-hybridized carbons (Fsp3) is 0.391. The number of nitrogens with one attached hydrogen (secondary N) is 2. The number of hydrogen-bond acceptors (Lipinski definition) is 4. The highest BCUT2D eigenvalue weighted by atomic mass is 35.5. The first kappa shape index (κ1) is 24.2. The van der Waals surface area contributed by atoms with E-state index >= 15 is 0 Å². The molecule has 1 unspecified atom stereocenters. The minimum atomic E-state index is -3.65. The van der Waals surface area contributed by atoms with Gasteiger partial charge in [-0.05, 0) is 56.0 Å². The maximum atomic E-state index is 13.1. The summed E-state index contributed by atoms with van der Waals surface area (Å²) in [5, 5.41) is 5.68. The highest BCUT2D eigenvalue weighted by Crippen LogP contribution is 2.27. The summed E-state index contributed by atoms with van der Waals surface area (Å²) < 4.78 is 27.7. The number of carbonyl (C=O) groups excluding carboxylic acids is 2. The van der Waals surface area contributed by atoms with E-state index in [4.69, 9.17) is 11.6 Å². The summed E-state index contributed by atoms with van der Waals surface area (Å²) >= 11 is 5.88. The first-order chi connectivity index (χ1) is 15.3. The zero-order valence-electron chi connectivity index (χ0n) is 18.0. The van der Waals surface area contributed by atoms with Gasteiger partial charge in [0, 0.05) is 30.7 Å². The van der Waals surface area contributed by atoms with Crippen LogP contribution in [0.5, 0.6) is 0 Å². The van der Waals surface area contributed by atoms with Crippen LogP contribution in [0.3, 0.4) is 0 Å². The average molecular weight is 478 g/mol. The van der Waals surface area contributed by atoms with Crippen LogP contribution in [0.15, 0.2) is 53.4 Å². The Labute approximate surface area is 194 Å².